The largest absolute Gasteiger partial charge is 0.296 e. The molecule has 4 aromatic rings. The molecule has 0 unspecified atom stereocenters. The summed E-state index contributed by atoms with van der Waals surface area (Å²) in [4.78, 5) is 29.1. The van der Waals surface area contributed by atoms with Gasteiger partial charge in [-0.2, -0.15) is 0 Å². The number of thiazole rings is 2. The highest BCUT2D eigenvalue weighted by Gasteiger charge is 2.15. The number of carbonyl (C=O) groups is 1. The standard InChI is InChI=1S/C17H10FN5OS2/c18-11-5-2-1-4-10(11)12-8-26-17(22-12)23-15(24)13-9-25-16(21-13)14-19-6-3-7-20-14/h1-9H,(H,22,23,24). The molecule has 1 N–H and O–H groups in total. The van der Waals surface area contributed by atoms with Crippen molar-refractivity contribution in [2.24, 2.45) is 0 Å². The molecule has 0 atom stereocenters. The van der Waals surface area contributed by atoms with E-state index in [1.54, 1.807) is 47.4 Å². The Bertz CT molecular complexity index is 1060. The van der Waals surface area contributed by atoms with E-state index < -0.39 is 5.91 Å². The van der Waals surface area contributed by atoms with Crippen LogP contribution in [0.4, 0.5) is 9.52 Å². The first-order valence-corrected chi connectivity index (χ1v) is 9.21. The molecule has 9 heteroatoms. The second-order valence-electron chi connectivity index (χ2n) is 5.08. The summed E-state index contributed by atoms with van der Waals surface area (Å²) in [5.41, 5.74) is 1.11. The molecule has 6 nitrogen and oxygen atoms in total. The zero-order valence-electron chi connectivity index (χ0n) is 13.1. The molecule has 0 fully saturated rings. The second-order valence-corrected chi connectivity index (χ2v) is 6.80. The van der Waals surface area contributed by atoms with Crippen LogP contribution in [0.1, 0.15) is 10.5 Å². The Balaban J connectivity index is 1.51. The van der Waals surface area contributed by atoms with Crippen LogP contribution in [0.15, 0.2) is 53.5 Å². The Labute approximate surface area is 155 Å². The van der Waals surface area contributed by atoms with Gasteiger partial charge in [0.15, 0.2) is 16.0 Å². The lowest BCUT2D eigenvalue weighted by atomic mass is 10.2. The minimum Gasteiger partial charge on any atom is -0.296 e. The van der Waals surface area contributed by atoms with Crippen molar-refractivity contribution in [2.45, 2.75) is 0 Å². The first kappa shape index (κ1) is 16.4. The number of carbonyl (C=O) groups excluding carboxylic acids is 1. The molecule has 0 aliphatic heterocycles. The third kappa shape index (κ3) is 3.35. The summed E-state index contributed by atoms with van der Waals surface area (Å²) in [6.45, 7) is 0. The van der Waals surface area contributed by atoms with Gasteiger partial charge < -0.3 is 0 Å². The zero-order valence-corrected chi connectivity index (χ0v) is 14.7. The quantitative estimate of drug-likeness (QED) is 0.573. The Morgan fingerprint density at radius 3 is 2.62 bits per heavy atom. The third-order valence-corrected chi connectivity index (χ3v) is 4.96. The van der Waals surface area contributed by atoms with Gasteiger partial charge in [-0.3, -0.25) is 10.1 Å². The first-order chi connectivity index (χ1) is 12.7. The molecule has 128 valence electrons. The molecule has 1 amide bonds. The molecule has 3 aromatic heterocycles. The lowest BCUT2D eigenvalue weighted by molar-refractivity contribution is 0.102. The number of halogens is 1. The number of aromatic nitrogens is 4. The lowest BCUT2D eigenvalue weighted by Crippen LogP contribution is -2.12. The van der Waals surface area contributed by atoms with E-state index in [2.05, 4.69) is 25.3 Å². The van der Waals surface area contributed by atoms with Crippen LogP contribution in [0.25, 0.3) is 22.1 Å². The van der Waals surface area contributed by atoms with E-state index in [4.69, 9.17) is 0 Å². The molecule has 0 saturated carbocycles. The van der Waals surface area contributed by atoms with E-state index in [1.807, 2.05) is 0 Å². The van der Waals surface area contributed by atoms with Crippen molar-refractivity contribution in [3.63, 3.8) is 0 Å². The van der Waals surface area contributed by atoms with Crippen LogP contribution < -0.4 is 5.32 Å². The van der Waals surface area contributed by atoms with E-state index in [1.165, 1.54) is 28.7 Å². The van der Waals surface area contributed by atoms with Crippen molar-refractivity contribution in [3.05, 3.63) is 65.0 Å². The van der Waals surface area contributed by atoms with Gasteiger partial charge in [0.05, 0.1) is 5.69 Å². The highest BCUT2D eigenvalue weighted by Crippen LogP contribution is 2.27. The van der Waals surface area contributed by atoms with Crippen molar-refractivity contribution < 1.29 is 9.18 Å². The molecular weight excluding hydrogens is 373 g/mol. The second kappa shape index (κ2) is 7.06. The minimum absolute atomic E-state index is 0.250. The van der Waals surface area contributed by atoms with Crippen LogP contribution in [0.5, 0.6) is 0 Å². The molecule has 0 radical (unpaired) electrons. The Morgan fingerprint density at radius 2 is 1.81 bits per heavy atom. The van der Waals surface area contributed by atoms with Crippen LogP contribution in [0.2, 0.25) is 0 Å². The van der Waals surface area contributed by atoms with Crippen molar-refractivity contribution in [1.29, 1.82) is 0 Å². The van der Waals surface area contributed by atoms with Gasteiger partial charge in [0, 0.05) is 28.7 Å². The van der Waals surface area contributed by atoms with E-state index in [-0.39, 0.29) is 11.5 Å². The topological polar surface area (TPSA) is 80.7 Å². The smallest absolute Gasteiger partial charge is 0.276 e. The summed E-state index contributed by atoms with van der Waals surface area (Å²) in [7, 11) is 0. The summed E-state index contributed by atoms with van der Waals surface area (Å²) in [6.07, 6.45) is 3.23. The maximum atomic E-state index is 13.8. The molecule has 0 spiro atoms. The summed E-state index contributed by atoms with van der Waals surface area (Å²) >= 11 is 2.50. The maximum absolute atomic E-state index is 13.8. The van der Waals surface area contributed by atoms with Gasteiger partial charge in [0.2, 0.25) is 0 Å². The fourth-order valence-electron chi connectivity index (χ4n) is 2.18. The molecule has 1 aromatic carbocycles. The van der Waals surface area contributed by atoms with Crippen LogP contribution >= 0.6 is 22.7 Å². The first-order valence-electron chi connectivity index (χ1n) is 7.45. The van der Waals surface area contributed by atoms with Crippen molar-refractivity contribution in [1.82, 2.24) is 19.9 Å². The van der Waals surface area contributed by atoms with Gasteiger partial charge in [-0.05, 0) is 18.2 Å². The highest BCUT2D eigenvalue weighted by atomic mass is 32.1. The molecule has 0 aliphatic carbocycles. The van der Waals surface area contributed by atoms with E-state index in [0.29, 0.717) is 27.2 Å². The SMILES string of the molecule is O=C(Nc1nc(-c2ccccc2F)cs1)c1csc(-c2ncccn2)n1. The number of hydrogen-bond acceptors (Lipinski definition) is 7. The number of nitrogens with zero attached hydrogens (tertiary/aromatic N) is 4. The highest BCUT2D eigenvalue weighted by molar-refractivity contribution is 7.14. The molecule has 0 bridgehead atoms. The van der Waals surface area contributed by atoms with Crippen LogP contribution in [0, 0.1) is 5.82 Å². The Morgan fingerprint density at radius 1 is 1.00 bits per heavy atom. The van der Waals surface area contributed by atoms with Crippen LogP contribution in [-0.4, -0.2) is 25.8 Å². The van der Waals surface area contributed by atoms with E-state index in [9.17, 15) is 9.18 Å². The number of anilines is 1. The summed E-state index contributed by atoms with van der Waals surface area (Å²) in [5, 5.41) is 6.94. The molecular formula is C17H10FN5OS2. The number of nitrogens with one attached hydrogen (secondary N) is 1. The average molecular weight is 383 g/mol. The summed E-state index contributed by atoms with van der Waals surface area (Å²) < 4.78 is 13.8. The lowest BCUT2D eigenvalue weighted by Gasteiger charge is -1.99. The van der Waals surface area contributed by atoms with Gasteiger partial charge in [-0.15, -0.1) is 22.7 Å². The predicted octanol–water partition coefficient (Wildman–Crippen LogP) is 4.12. The number of benzene rings is 1. The normalized spacial score (nSPS) is 10.7. The number of hydrogen-bond donors (Lipinski definition) is 1. The molecule has 4 rings (SSSR count). The number of rotatable bonds is 4. The fourth-order valence-corrected chi connectivity index (χ4v) is 3.63. The van der Waals surface area contributed by atoms with Crippen LogP contribution in [0.3, 0.4) is 0 Å². The van der Waals surface area contributed by atoms with Crippen molar-refractivity contribution in [2.75, 3.05) is 5.32 Å². The van der Waals surface area contributed by atoms with Gasteiger partial charge in [-0.25, -0.2) is 24.3 Å². The van der Waals surface area contributed by atoms with Gasteiger partial charge in [-0.1, -0.05) is 12.1 Å². The van der Waals surface area contributed by atoms with E-state index in [0.717, 1.165) is 0 Å². The maximum Gasteiger partial charge on any atom is 0.276 e. The van der Waals surface area contributed by atoms with E-state index >= 15 is 0 Å². The molecule has 0 aliphatic rings. The summed E-state index contributed by atoms with van der Waals surface area (Å²) in [6, 6.07) is 8.07. The Hall–Kier alpha value is -3.04. The van der Waals surface area contributed by atoms with Gasteiger partial charge in [0.25, 0.3) is 5.91 Å². The fraction of sp³-hybridized carbons (Fsp3) is 0. The molecule has 0 saturated heterocycles. The summed E-state index contributed by atoms with van der Waals surface area (Å²) in [5.74, 6) is -0.284. The third-order valence-electron chi connectivity index (χ3n) is 3.37. The average Bonchev–Trinajstić information content (AvgIpc) is 3.33. The molecule has 26 heavy (non-hydrogen) atoms. The monoisotopic (exact) mass is 383 g/mol. The van der Waals surface area contributed by atoms with Crippen molar-refractivity contribution in [3.8, 4) is 22.1 Å². The van der Waals surface area contributed by atoms with Gasteiger partial charge >= 0.3 is 0 Å². The Kier molecular flexibility index (Phi) is 4.46. The minimum atomic E-state index is -0.391. The zero-order chi connectivity index (χ0) is 17.9. The van der Waals surface area contributed by atoms with Gasteiger partial charge in [0.1, 0.15) is 11.5 Å². The molecule has 3 heterocycles. The number of amides is 1. The van der Waals surface area contributed by atoms with Crippen LogP contribution in [-0.2, 0) is 0 Å². The van der Waals surface area contributed by atoms with Crippen molar-refractivity contribution >= 4 is 33.7 Å². The predicted molar refractivity (Wildman–Crippen MR) is 98.6 cm³/mol.